The molecule has 0 spiro atoms. The van der Waals surface area contributed by atoms with E-state index in [1.807, 2.05) is 23.9 Å². The molecule has 0 aliphatic heterocycles. The average Bonchev–Trinajstić information content (AvgIpc) is 2.48. The van der Waals surface area contributed by atoms with Gasteiger partial charge in [-0.25, -0.2) is 4.79 Å². The number of benzene rings is 1. The fraction of sp³-hybridized carbons (Fsp3) is 0.500. The Kier molecular flexibility index (Phi) is 5.51. The third-order valence-electron chi connectivity index (χ3n) is 4.21. The molecule has 1 atom stereocenters. The van der Waals surface area contributed by atoms with E-state index in [0.717, 1.165) is 30.8 Å². The van der Waals surface area contributed by atoms with Crippen molar-refractivity contribution in [1.82, 2.24) is 0 Å². The fourth-order valence-electron chi connectivity index (χ4n) is 3.03. The molecule has 0 fully saturated rings. The number of aliphatic carboxylic acids is 1. The number of rotatable bonds is 6. The Labute approximate surface area is 131 Å². The van der Waals surface area contributed by atoms with Crippen LogP contribution >= 0.6 is 11.8 Å². The molecule has 1 aromatic rings. The van der Waals surface area contributed by atoms with Crippen LogP contribution in [0, 0.1) is 11.3 Å². The van der Waals surface area contributed by atoms with Gasteiger partial charge in [-0.2, -0.15) is 11.8 Å². The van der Waals surface area contributed by atoms with Crippen LogP contribution in [-0.2, 0) is 10.5 Å². The van der Waals surface area contributed by atoms with Gasteiger partial charge in [0.25, 0.3) is 0 Å². The van der Waals surface area contributed by atoms with Gasteiger partial charge in [0.1, 0.15) is 0 Å². The van der Waals surface area contributed by atoms with E-state index in [9.17, 15) is 9.90 Å². The Bertz CT molecular complexity index is 505. The van der Waals surface area contributed by atoms with Gasteiger partial charge in [0, 0.05) is 11.3 Å². The molecule has 0 saturated carbocycles. The minimum atomic E-state index is -0.735. The quantitative estimate of drug-likeness (QED) is 0.823. The molecule has 0 radical (unpaired) electrons. The zero-order chi connectivity index (χ0) is 15.3. The predicted octanol–water partition coefficient (Wildman–Crippen LogP) is 4.76. The summed E-state index contributed by atoms with van der Waals surface area (Å²) >= 11 is 1.90. The minimum absolute atomic E-state index is 0.0179. The smallest absolute Gasteiger partial charge is 0.331 e. The predicted molar refractivity (Wildman–Crippen MR) is 89.4 cm³/mol. The lowest BCUT2D eigenvalue weighted by atomic mass is 9.71. The van der Waals surface area contributed by atoms with E-state index < -0.39 is 5.97 Å². The molecule has 0 saturated heterocycles. The Morgan fingerprint density at radius 2 is 2.05 bits per heavy atom. The summed E-state index contributed by atoms with van der Waals surface area (Å²) in [6.45, 7) is 4.41. The Balaban J connectivity index is 1.96. The lowest BCUT2D eigenvalue weighted by Crippen LogP contribution is -2.32. The van der Waals surface area contributed by atoms with Gasteiger partial charge >= 0.3 is 5.97 Å². The SMILES string of the molecule is CC(C)(CSCc1ccccc1)C1CCCC=C1C(=O)O. The average molecular weight is 304 g/mol. The molecule has 0 aromatic heterocycles. The third-order valence-corrected chi connectivity index (χ3v) is 5.70. The zero-order valence-corrected chi connectivity index (χ0v) is 13.7. The summed E-state index contributed by atoms with van der Waals surface area (Å²) in [5.41, 5.74) is 1.98. The lowest BCUT2D eigenvalue weighted by molar-refractivity contribution is -0.133. The summed E-state index contributed by atoms with van der Waals surface area (Å²) in [6.07, 6.45) is 4.94. The van der Waals surface area contributed by atoms with Crippen molar-refractivity contribution < 1.29 is 9.90 Å². The van der Waals surface area contributed by atoms with E-state index in [0.29, 0.717) is 5.57 Å². The monoisotopic (exact) mass is 304 g/mol. The molecule has 1 aromatic carbocycles. The summed E-state index contributed by atoms with van der Waals surface area (Å²) in [5.74, 6) is 1.41. The maximum atomic E-state index is 11.4. The van der Waals surface area contributed by atoms with Gasteiger partial charge in [0.2, 0.25) is 0 Å². The van der Waals surface area contributed by atoms with Crippen molar-refractivity contribution in [3.8, 4) is 0 Å². The Hall–Kier alpha value is -1.22. The van der Waals surface area contributed by atoms with Gasteiger partial charge in [0.15, 0.2) is 0 Å². The summed E-state index contributed by atoms with van der Waals surface area (Å²) in [6, 6.07) is 10.4. The number of hydrogen-bond acceptors (Lipinski definition) is 2. The highest BCUT2D eigenvalue weighted by atomic mass is 32.2. The van der Waals surface area contributed by atoms with E-state index in [1.165, 1.54) is 5.56 Å². The van der Waals surface area contributed by atoms with Crippen molar-refractivity contribution in [2.75, 3.05) is 5.75 Å². The molecule has 1 aliphatic rings. The van der Waals surface area contributed by atoms with E-state index in [-0.39, 0.29) is 11.3 Å². The summed E-state index contributed by atoms with van der Waals surface area (Å²) in [4.78, 5) is 11.4. The van der Waals surface area contributed by atoms with Gasteiger partial charge in [-0.1, -0.05) is 50.3 Å². The zero-order valence-electron chi connectivity index (χ0n) is 12.8. The van der Waals surface area contributed by atoms with E-state index in [4.69, 9.17) is 0 Å². The molecule has 0 amide bonds. The number of carboxylic acids is 1. The second-order valence-corrected chi connectivity index (χ2v) is 7.40. The second kappa shape index (κ2) is 7.17. The van der Waals surface area contributed by atoms with Gasteiger partial charge < -0.3 is 5.11 Å². The summed E-state index contributed by atoms with van der Waals surface area (Å²) in [5, 5.41) is 9.40. The first kappa shape index (κ1) is 16.2. The number of thioether (sulfide) groups is 1. The van der Waals surface area contributed by atoms with Gasteiger partial charge in [-0.05, 0) is 41.9 Å². The molecular weight excluding hydrogens is 280 g/mol. The van der Waals surface area contributed by atoms with Crippen LogP contribution in [0.25, 0.3) is 0 Å². The number of allylic oxidation sites excluding steroid dienone is 1. The number of hydrogen-bond donors (Lipinski definition) is 1. The van der Waals surface area contributed by atoms with Crippen molar-refractivity contribution in [2.45, 2.75) is 38.9 Å². The van der Waals surface area contributed by atoms with Crippen LogP contribution in [0.15, 0.2) is 42.0 Å². The molecule has 114 valence electrons. The fourth-order valence-corrected chi connectivity index (χ4v) is 4.29. The van der Waals surface area contributed by atoms with Crippen molar-refractivity contribution in [3.05, 3.63) is 47.5 Å². The highest BCUT2D eigenvalue weighted by molar-refractivity contribution is 7.98. The first-order valence-corrected chi connectivity index (χ1v) is 8.71. The normalized spacial score (nSPS) is 19.1. The van der Waals surface area contributed by atoms with E-state index in [1.54, 1.807) is 0 Å². The van der Waals surface area contributed by atoms with E-state index >= 15 is 0 Å². The van der Waals surface area contributed by atoms with Crippen LogP contribution in [0.4, 0.5) is 0 Å². The largest absolute Gasteiger partial charge is 0.478 e. The third kappa shape index (κ3) is 4.37. The Morgan fingerprint density at radius 1 is 1.33 bits per heavy atom. The molecule has 21 heavy (non-hydrogen) atoms. The van der Waals surface area contributed by atoms with Crippen LogP contribution in [0.3, 0.4) is 0 Å². The lowest BCUT2D eigenvalue weighted by Gasteiger charge is -2.36. The summed E-state index contributed by atoms with van der Waals surface area (Å²) < 4.78 is 0. The van der Waals surface area contributed by atoms with Crippen molar-refractivity contribution in [2.24, 2.45) is 11.3 Å². The van der Waals surface area contributed by atoms with Crippen LogP contribution in [0.2, 0.25) is 0 Å². The van der Waals surface area contributed by atoms with Gasteiger partial charge in [0.05, 0.1) is 0 Å². The van der Waals surface area contributed by atoms with Gasteiger partial charge in [-0.15, -0.1) is 0 Å². The summed E-state index contributed by atoms with van der Waals surface area (Å²) in [7, 11) is 0. The molecule has 2 rings (SSSR count). The number of carboxylic acid groups (broad SMARTS) is 1. The molecule has 0 bridgehead atoms. The second-order valence-electron chi connectivity index (χ2n) is 6.42. The van der Waals surface area contributed by atoms with Crippen LogP contribution in [-0.4, -0.2) is 16.8 Å². The molecule has 1 N–H and O–H groups in total. The standard InChI is InChI=1S/C18H24O2S/c1-18(2,13-21-12-14-8-4-3-5-9-14)16-11-7-6-10-15(16)17(19)20/h3-5,8-10,16H,6-7,11-13H2,1-2H3,(H,19,20). The molecule has 3 heteroatoms. The highest BCUT2D eigenvalue weighted by Gasteiger charge is 2.35. The molecular formula is C18H24O2S. The number of carbonyl (C=O) groups is 1. The minimum Gasteiger partial charge on any atom is -0.478 e. The topological polar surface area (TPSA) is 37.3 Å². The van der Waals surface area contributed by atoms with Crippen LogP contribution in [0.5, 0.6) is 0 Å². The van der Waals surface area contributed by atoms with Crippen molar-refractivity contribution in [3.63, 3.8) is 0 Å². The Morgan fingerprint density at radius 3 is 2.71 bits per heavy atom. The maximum Gasteiger partial charge on any atom is 0.331 e. The van der Waals surface area contributed by atoms with Crippen molar-refractivity contribution >= 4 is 17.7 Å². The molecule has 0 heterocycles. The molecule has 1 unspecified atom stereocenters. The van der Waals surface area contributed by atoms with Crippen LogP contribution < -0.4 is 0 Å². The van der Waals surface area contributed by atoms with Crippen molar-refractivity contribution in [1.29, 1.82) is 0 Å². The van der Waals surface area contributed by atoms with E-state index in [2.05, 4.69) is 38.1 Å². The molecule has 1 aliphatic carbocycles. The highest BCUT2D eigenvalue weighted by Crippen LogP contribution is 2.41. The first-order valence-electron chi connectivity index (χ1n) is 7.56. The van der Waals surface area contributed by atoms with Crippen LogP contribution in [0.1, 0.15) is 38.7 Å². The molecule has 2 nitrogen and oxygen atoms in total. The van der Waals surface area contributed by atoms with Gasteiger partial charge in [-0.3, -0.25) is 0 Å². The maximum absolute atomic E-state index is 11.4. The first-order chi connectivity index (χ1) is 10.0.